The highest BCUT2D eigenvalue weighted by atomic mass is 16.5. The second-order valence-electron chi connectivity index (χ2n) is 4.59. The Balaban J connectivity index is 2.09. The first kappa shape index (κ1) is 12.5. The topological polar surface area (TPSA) is 12.5 Å². The molecule has 2 heteroatoms. The lowest BCUT2D eigenvalue weighted by Gasteiger charge is -2.12. The average Bonchev–Trinajstić information content (AvgIpc) is 2.38. The molecule has 0 fully saturated rings. The van der Waals surface area contributed by atoms with Gasteiger partial charge in [-0.15, -0.1) is 0 Å². The molecular weight excluding hydrogens is 222 g/mol. The fourth-order valence-corrected chi connectivity index (χ4v) is 1.81. The van der Waals surface area contributed by atoms with Gasteiger partial charge < -0.3 is 9.64 Å². The number of rotatable bonds is 3. The Morgan fingerprint density at radius 3 is 2.44 bits per heavy atom. The first-order valence-electron chi connectivity index (χ1n) is 6.14. The van der Waals surface area contributed by atoms with Gasteiger partial charge in [-0.3, -0.25) is 0 Å². The summed E-state index contributed by atoms with van der Waals surface area (Å²) in [6.45, 7) is 2.00. The van der Waals surface area contributed by atoms with Crippen LogP contribution in [0.15, 0.2) is 54.0 Å². The lowest BCUT2D eigenvalue weighted by Crippen LogP contribution is -2.07. The molecule has 0 radical (unpaired) electrons. The molecule has 0 N–H and O–H groups in total. The van der Waals surface area contributed by atoms with Crippen LogP contribution in [0.25, 0.3) is 6.08 Å². The lowest BCUT2D eigenvalue weighted by atomic mass is 10.1. The van der Waals surface area contributed by atoms with E-state index in [0.29, 0.717) is 0 Å². The summed E-state index contributed by atoms with van der Waals surface area (Å²) in [6, 6.07) is 8.50. The van der Waals surface area contributed by atoms with Crippen molar-refractivity contribution < 1.29 is 4.74 Å². The predicted octanol–water partition coefficient (Wildman–Crippen LogP) is 3.97. The van der Waals surface area contributed by atoms with E-state index < -0.39 is 0 Å². The van der Waals surface area contributed by atoms with Gasteiger partial charge >= 0.3 is 0 Å². The molecule has 0 aliphatic carbocycles. The van der Waals surface area contributed by atoms with Gasteiger partial charge in [-0.25, -0.2) is 0 Å². The summed E-state index contributed by atoms with van der Waals surface area (Å²) in [5.74, 6) is 0.985. The van der Waals surface area contributed by atoms with Gasteiger partial charge in [0.15, 0.2) is 0 Å². The summed E-state index contributed by atoms with van der Waals surface area (Å²) in [4.78, 5) is 2.10. The van der Waals surface area contributed by atoms with Gasteiger partial charge in [0, 0.05) is 19.8 Å². The largest absolute Gasteiger partial charge is 0.470 e. The van der Waals surface area contributed by atoms with E-state index in [-0.39, 0.29) is 0 Å². The normalized spacial score (nSPS) is 15.1. The minimum Gasteiger partial charge on any atom is -0.470 e. The molecule has 2 rings (SSSR count). The van der Waals surface area contributed by atoms with Gasteiger partial charge in [-0.05, 0) is 42.7 Å². The fourth-order valence-electron chi connectivity index (χ4n) is 1.81. The second kappa shape index (κ2) is 5.58. The highest BCUT2D eigenvalue weighted by Gasteiger charge is 2.02. The standard InChI is InChI=1S/C16H19NO/c1-13-15(5-4-12-18-13)9-6-14-7-10-16(11-8-14)17(2)3/h4,6-12H,5H2,1-3H3. The summed E-state index contributed by atoms with van der Waals surface area (Å²) in [5.41, 5.74) is 3.65. The Labute approximate surface area is 109 Å². The van der Waals surface area contributed by atoms with Gasteiger partial charge in [-0.1, -0.05) is 24.3 Å². The van der Waals surface area contributed by atoms with Crippen LogP contribution in [0, 0.1) is 0 Å². The molecule has 1 aliphatic rings. The Morgan fingerprint density at radius 2 is 1.83 bits per heavy atom. The molecule has 0 spiro atoms. The van der Waals surface area contributed by atoms with E-state index >= 15 is 0 Å². The van der Waals surface area contributed by atoms with E-state index in [2.05, 4.69) is 41.3 Å². The van der Waals surface area contributed by atoms with Gasteiger partial charge in [0.25, 0.3) is 0 Å². The van der Waals surface area contributed by atoms with E-state index in [4.69, 9.17) is 4.74 Å². The fraction of sp³-hybridized carbons (Fsp3) is 0.250. The highest BCUT2D eigenvalue weighted by Crippen LogP contribution is 2.19. The molecule has 1 aromatic rings. The minimum atomic E-state index is 0.943. The third kappa shape index (κ3) is 3.04. The van der Waals surface area contributed by atoms with Crippen LogP contribution in [-0.2, 0) is 4.74 Å². The number of nitrogens with zero attached hydrogens (tertiary/aromatic N) is 1. The van der Waals surface area contributed by atoms with Gasteiger partial charge in [-0.2, -0.15) is 0 Å². The van der Waals surface area contributed by atoms with Crippen molar-refractivity contribution in [2.24, 2.45) is 0 Å². The lowest BCUT2D eigenvalue weighted by molar-refractivity contribution is 0.340. The third-order valence-electron chi connectivity index (χ3n) is 3.02. The van der Waals surface area contributed by atoms with Crippen LogP contribution >= 0.6 is 0 Å². The van der Waals surface area contributed by atoms with Crippen LogP contribution in [0.5, 0.6) is 0 Å². The molecule has 94 valence electrons. The molecule has 0 amide bonds. The van der Waals surface area contributed by atoms with Gasteiger partial charge in [0.2, 0.25) is 0 Å². The summed E-state index contributed by atoms with van der Waals surface area (Å²) >= 11 is 0. The molecule has 0 bridgehead atoms. The molecule has 18 heavy (non-hydrogen) atoms. The van der Waals surface area contributed by atoms with Crippen LogP contribution in [0.4, 0.5) is 5.69 Å². The quantitative estimate of drug-likeness (QED) is 0.793. The van der Waals surface area contributed by atoms with Crippen LogP contribution in [-0.4, -0.2) is 14.1 Å². The van der Waals surface area contributed by atoms with Crippen LogP contribution < -0.4 is 4.90 Å². The maximum Gasteiger partial charge on any atom is 0.104 e. The Kier molecular flexibility index (Phi) is 3.88. The maximum atomic E-state index is 5.37. The summed E-state index contributed by atoms with van der Waals surface area (Å²) < 4.78 is 5.37. The zero-order chi connectivity index (χ0) is 13.0. The van der Waals surface area contributed by atoms with Crippen molar-refractivity contribution in [2.75, 3.05) is 19.0 Å². The van der Waals surface area contributed by atoms with Crippen molar-refractivity contribution in [3.8, 4) is 0 Å². The van der Waals surface area contributed by atoms with E-state index in [9.17, 15) is 0 Å². The van der Waals surface area contributed by atoms with Gasteiger partial charge in [0.1, 0.15) is 5.76 Å². The molecule has 1 aliphatic heterocycles. The SMILES string of the molecule is CC1=C(C=Cc2ccc(N(C)C)cc2)CC=CO1. The number of benzene rings is 1. The van der Waals surface area contributed by atoms with E-state index in [1.807, 2.05) is 27.1 Å². The Bertz CT molecular complexity index is 492. The van der Waals surface area contributed by atoms with Crippen molar-refractivity contribution in [3.05, 3.63) is 59.6 Å². The number of anilines is 1. The molecule has 0 saturated heterocycles. The first-order chi connectivity index (χ1) is 8.66. The molecule has 0 unspecified atom stereocenters. The van der Waals surface area contributed by atoms with Crippen molar-refractivity contribution in [2.45, 2.75) is 13.3 Å². The molecule has 0 aromatic heterocycles. The van der Waals surface area contributed by atoms with Crippen LogP contribution in [0.3, 0.4) is 0 Å². The number of hydrogen-bond donors (Lipinski definition) is 0. The minimum absolute atomic E-state index is 0.943. The predicted molar refractivity (Wildman–Crippen MR) is 77.3 cm³/mol. The molecule has 1 heterocycles. The number of allylic oxidation sites excluding steroid dienone is 4. The summed E-state index contributed by atoms with van der Waals surface area (Å²) in [7, 11) is 4.09. The zero-order valence-corrected chi connectivity index (χ0v) is 11.2. The second-order valence-corrected chi connectivity index (χ2v) is 4.59. The van der Waals surface area contributed by atoms with Gasteiger partial charge in [0.05, 0.1) is 6.26 Å². The first-order valence-corrected chi connectivity index (χ1v) is 6.14. The highest BCUT2D eigenvalue weighted by molar-refractivity contribution is 5.57. The van der Waals surface area contributed by atoms with E-state index in [0.717, 1.165) is 12.2 Å². The summed E-state index contributed by atoms with van der Waals surface area (Å²) in [5, 5.41) is 0. The van der Waals surface area contributed by atoms with Crippen molar-refractivity contribution in [1.82, 2.24) is 0 Å². The monoisotopic (exact) mass is 241 g/mol. The molecule has 2 nitrogen and oxygen atoms in total. The molecular formula is C16H19NO. The Hall–Kier alpha value is -1.96. The number of ether oxygens (including phenoxy) is 1. The zero-order valence-electron chi connectivity index (χ0n) is 11.2. The van der Waals surface area contributed by atoms with Crippen LogP contribution in [0.1, 0.15) is 18.9 Å². The van der Waals surface area contributed by atoms with Crippen molar-refractivity contribution in [3.63, 3.8) is 0 Å². The average molecular weight is 241 g/mol. The molecule has 1 aromatic carbocycles. The molecule has 0 atom stereocenters. The van der Waals surface area contributed by atoms with Crippen LogP contribution in [0.2, 0.25) is 0 Å². The third-order valence-corrected chi connectivity index (χ3v) is 3.02. The number of hydrogen-bond acceptors (Lipinski definition) is 2. The summed E-state index contributed by atoms with van der Waals surface area (Å²) in [6.07, 6.45) is 8.97. The van der Waals surface area contributed by atoms with Crippen molar-refractivity contribution >= 4 is 11.8 Å². The maximum absolute atomic E-state index is 5.37. The molecule has 0 saturated carbocycles. The Morgan fingerprint density at radius 1 is 1.11 bits per heavy atom. The van der Waals surface area contributed by atoms with Crippen molar-refractivity contribution in [1.29, 1.82) is 0 Å². The van der Waals surface area contributed by atoms with E-state index in [1.165, 1.54) is 16.8 Å². The van der Waals surface area contributed by atoms with E-state index in [1.54, 1.807) is 6.26 Å². The smallest absolute Gasteiger partial charge is 0.104 e.